The Bertz CT molecular complexity index is 1130. The van der Waals surface area contributed by atoms with Crippen LogP contribution in [-0.4, -0.2) is 47.4 Å². The van der Waals surface area contributed by atoms with E-state index in [9.17, 15) is 9.59 Å². The van der Waals surface area contributed by atoms with E-state index >= 15 is 0 Å². The van der Waals surface area contributed by atoms with Gasteiger partial charge in [-0.1, -0.05) is 41.9 Å². The summed E-state index contributed by atoms with van der Waals surface area (Å²) in [4.78, 5) is 31.5. The quantitative estimate of drug-likeness (QED) is 0.481. The molecule has 5 rings (SSSR count). The molecule has 0 radical (unpaired) electrons. The van der Waals surface area contributed by atoms with Crippen molar-refractivity contribution in [3.05, 3.63) is 87.1 Å². The number of amides is 2. The maximum absolute atomic E-state index is 13.6. The van der Waals surface area contributed by atoms with Gasteiger partial charge in [0.15, 0.2) is 6.61 Å². The van der Waals surface area contributed by atoms with Crippen LogP contribution in [0.25, 0.3) is 0 Å². The zero-order chi connectivity index (χ0) is 22.8. The van der Waals surface area contributed by atoms with Gasteiger partial charge in [0.1, 0.15) is 12.3 Å². The fourth-order valence-electron chi connectivity index (χ4n) is 4.38. The van der Waals surface area contributed by atoms with Crippen molar-refractivity contribution in [1.29, 1.82) is 0 Å². The topological polar surface area (TPSA) is 49.9 Å². The SMILES string of the molecule is O=C(COc1ccc(Cl)cc1)N(CC(=O)N1CCc2sccc2C1c1ccccc1)C1CC1. The molecule has 1 unspecified atom stereocenters. The summed E-state index contributed by atoms with van der Waals surface area (Å²) in [5, 5.41) is 2.71. The third-order valence-electron chi connectivity index (χ3n) is 6.19. The van der Waals surface area contributed by atoms with Crippen molar-refractivity contribution in [2.45, 2.75) is 31.3 Å². The minimum Gasteiger partial charge on any atom is -0.484 e. The van der Waals surface area contributed by atoms with Crippen molar-refractivity contribution < 1.29 is 14.3 Å². The number of ether oxygens (including phenoxy) is 1. The number of nitrogens with zero attached hydrogens (tertiary/aromatic N) is 2. The summed E-state index contributed by atoms with van der Waals surface area (Å²) >= 11 is 7.66. The number of carbonyl (C=O) groups is 2. The summed E-state index contributed by atoms with van der Waals surface area (Å²) in [6.07, 6.45) is 2.70. The lowest BCUT2D eigenvalue weighted by Crippen LogP contribution is -2.48. The Morgan fingerprint density at radius 1 is 1.06 bits per heavy atom. The zero-order valence-corrected chi connectivity index (χ0v) is 19.7. The molecule has 0 saturated heterocycles. The molecule has 170 valence electrons. The predicted octanol–water partition coefficient (Wildman–Crippen LogP) is 4.95. The first kappa shape index (κ1) is 22.0. The molecule has 1 aliphatic heterocycles. The highest BCUT2D eigenvalue weighted by Crippen LogP contribution is 2.38. The van der Waals surface area contributed by atoms with Gasteiger partial charge in [-0.05, 0) is 66.1 Å². The summed E-state index contributed by atoms with van der Waals surface area (Å²) in [6, 6.07) is 19.2. The summed E-state index contributed by atoms with van der Waals surface area (Å²) in [5.41, 5.74) is 2.29. The number of benzene rings is 2. The molecular formula is C26H25ClN2O3S. The lowest BCUT2D eigenvalue weighted by atomic mass is 9.93. The van der Waals surface area contributed by atoms with Crippen LogP contribution in [0.1, 0.15) is 34.9 Å². The number of rotatable bonds is 7. The van der Waals surface area contributed by atoms with E-state index in [4.69, 9.17) is 16.3 Å². The van der Waals surface area contributed by atoms with E-state index < -0.39 is 0 Å². The number of halogens is 1. The van der Waals surface area contributed by atoms with Crippen molar-refractivity contribution in [1.82, 2.24) is 9.80 Å². The van der Waals surface area contributed by atoms with Crippen LogP contribution in [0.2, 0.25) is 5.02 Å². The van der Waals surface area contributed by atoms with Gasteiger partial charge in [-0.3, -0.25) is 9.59 Å². The first-order valence-corrected chi connectivity index (χ1v) is 12.4. The van der Waals surface area contributed by atoms with Gasteiger partial charge in [-0.2, -0.15) is 0 Å². The van der Waals surface area contributed by atoms with E-state index in [1.807, 2.05) is 23.1 Å². The lowest BCUT2D eigenvalue weighted by Gasteiger charge is -2.37. The van der Waals surface area contributed by atoms with Gasteiger partial charge in [-0.25, -0.2) is 0 Å². The Labute approximate surface area is 202 Å². The molecule has 1 aromatic heterocycles. The molecule has 1 atom stereocenters. The Morgan fingerprint density at radius 2 is 1.82 bits per heavy atom. The van der Waals surface area contributed by atoms with Crippen LogP contribution in [0.3, 0.4) is 0 Å². The summed E-state index contributed by atoms with van der Waals surface area (Å²) in [6.45, 7) is 0.637. The average Bonchev–Trinajstić information content (AvgIpc) is 3.57. The monoisotopic (exact) mass is 480 g/mol. The Kier molecular flexibility index (Phi) is 6.38. The van der Waals surface area contributed by atoms with Crippen LogP contribution in [0.15, 0.2) is 66.0 Å². The van der Waals surface area contributed by atoms with Crippen molar-refractivity contribution in [3.63, 3.8) is 0 Å². The average molecular weight is 481 g/mol. The molecule has 1 fully saturated rings. The molecule has 2 heterocycles. The molecule has 2 aromatic carbocycles. The molecule has 7 heteroatoms. The maximum Gasteiger partial charge on any atom is 0.261 e. The summed E-state index contributed by atoms with van der Waals surface area (Å²) in [7, 11) is 0. The molecule has 1 saturated carbocycles. The van der Waals surface area contributed by atoms with Crippen LogP contribution >= 0.6 is 22.9 Å². The third-order valence-corrected chi connectivity index (χ3v) is 7.44. The van der Waals surface area contributed by atoms with Crippen LogP contribution < -0.4 is 4.74 Å². The van der Waals surface area contributed by atoms with Crippen molar-refractivity contribution >= 4 is 34.8 Å². The molecule has 0 N–H and O–H groups in total. The molecule has 0 spiro atoms. The summed E-state index contributed by atoms with van der Waals surface area (Å²) in [5.74, 6) is 0.401. The van der Waals surface area contributed by atoms with E-state index in [1.165, 1.54) is 10.4 Å². The molecular weight excluding hydrogens is 456 g/mol. The maximum atomic E-state index is 13.6. The standard InChI is InChI=1S/C26H25ClN2O3S/c27-19-6-10-21(11-7-19)32-17-25(31)29(20-8-9-20)16-24(30)28-14-12-23-22(13-15-33-23)26(28)18-4-2-1-3-5-18/h1-7,10-11,13,15,20,26H,8-9,12,14,16-17H2. The molecule has 2 aliphatic rings. The van der Waals surface area contributed by atoms with Gasteiger partial charge in [0.2, 0.25) is 5.91 Å². The van der Waals surface area contributed by atoms with E-state index in [2.05, 4.69) is 23.6 Å². The van der Waals surface area contributed by atoms with Crippen molar-refractivity contribution in [3.8, 4) is 5.75 Å². The van der Waals surface area contributed by atoms with Crippen molar-refractivity contribution in [2.75, 3.05) is 19.7 Å². The molecule has 1 aliphatic carbocycles. The first-order valence-electron chi connectivity index (χ1n) is 11.2. The molecule has 0 bridgehead atoms. The Hall–Kier alpha value is -2.83. The highest BCUT2D eigenvalue weighted by Gasteiger charge is 2.38. The fourth-order valence-corrected chi connectivity index (χ4v) is 5.41. The predicted molar refractivity (Wildman–Crippen MR) is 130 cm³/mol. The largest absolute Gasteiger partial charge is 0.484 e. The van der Waals surface area contributed by atoms with Gasteiger partial charge in [0, 0.05) is 22.5 Å². The minimum atomic E-state index is -0.162. The Balaban J connectivity index is 1.31. The highest BCUT2D eigenvalue weighted by atomic mass is 35.5. The van der Waals surface area contributed by atoms with Gasteiger partial charge in [0.05, 0.1) is 6.04 Å². The number of hydrogen-bond acceptors (Lipinski definition) is 4. The van der Waals surface area contributed by atoms with Gasteiger partial charge in [0.25, 0.3) is 5.91 Å². The second kappa shape index (κ2) is 9.57. The second-order valence-electron chi connectivity index (χ2n) is 8.44. The lowest BCUT2D eigenvalue weighted by molar-refractivity contribution is -0.143. The second-order valence-corrected chi connectivity index (χ2v) is 9.88. The molecule has 3 aromatic rings. The van der Waals surface area contributed by atoms with Gasteiger partial charge in [-0.15, -0.1) is 11.3 Å². The molecule has 5 nitrogen and oxygen atoms in total. The van der Waals surface area contributed by atoms with E-state index in [0.29, 0.717) is 17.3 Å². The number of fused-ring (bicyclic) bond motifs is 1. The normalized spacial score (nSPS) is 17.4. The number of carbonyl (C=O) groups excluding carboxylic acids is 2. The van der Waals surface area contributed by atoms with Crippen molar-refractivity contribution in [2.24, 2.45) is 0 Å². The zero-order valence-electron chi connectivity index (χ0n) is 18.2. The van der Waals surface area contributed by atoms with E-state index in [0.717, 1.165) is 24.8 Å². The van der Waals surface area contributed by atoms with Crippen LogP contribution in [-0.2, 0) is 16.0 Å². The number of hydrogen-bond donors (Lipinski definition) is 0. The van der Waals surface area contributed by atoms with Crippen LogP contribution in [0.5, 0.6) is 5.75 Å². The van der Waals surface area contributed by atoms with Gasteiger partial charge >= 0.3 is 0 Å². The third kappa shape index (κ3) is 4.92. The molecule has 2 amide bonds. The smallest absolute Gasteiger partial charge is 0.261 e. The fraction of sp³-hybridized carbons (Fsp3) is 0.308. The molecule has 33 heavy (non-hydrogen) atoms. The van der Waals surface area contributed by atoms with Crippen LogP contribution in [0.4, 0.5) is 0 Å². The van der Waals surface area contributed by atoms with Crippen LogP contribution in [0, 0.1) is 0 Å². The van der Waals surface area contributed by atoms with E-state index in [1.54, 1.807) is 40.5 Å². The number of thiophene rings is 1. The van der Waals surface area contributed by atoms with E-state index in [-0.39, 0.29) is 37.0 Å². The Morgan fingerprint density at radius 3 is 2.55 bits per heavy atom. The first-order chi connectivity index (χ1) is 16.1. The summed E-state index contributed by atoms with van der Waals surface area (Å²) < 4.78 is 5.66. The minimum absolute atomic E-state index is 0.0209. The van der Waals surface area contributed by atoms with Gasteiger partial charge < -0.3 is 14.5 Å². The highest BCUT2D eigenvalue weighted by molar-refractivity contribution is 7.10.